The third kappa shape index (κ3) is 3.84. The van der Waals surface area contributed by atoms with Crippen LogP contribution in [0.3, 0.4) is 0 Å². The highest BCUT2D eigenvalue weighted by Crippen LogP contribution is 2.30. The number of aryl methyl sites for hydroxylation is 1. The summed E-state index contributed by atoms with van der Waals surface area (Å²) in [7, 11) is 1.91. The lowest BCUT2D eigenvalue weighted by Gasteiger charge is -2.25. The molecular formula is C14H22N2O3. The first-order valence-electron chi connectivity index (χ1n) is 6.54. The molecule has 0 atom stereocenters. The zero-order chi connectivity index (χ0) is 14.5. The zero-order valence-corrected chi connectivity index (χ0v) is 11.8. The minimum atomic E-state index is -0.944. The van der Waals surface area contributed by atoms with Gasteiger partial charge in [0, 0.05) is 32.4 Å². The Morgan fingerprint density at radius 3 is 2.42 bits per heavy atom. The summed E-state index contributed by atoms with van der Waals surface area (Å²) in [5, 5.41) is 12.1. The molecule has 0 saturated carbocycles. The van der Waals surface area contributed by atoms with Crippen LogP contribution in [0, 0.1) is 5.41 Å². The summed E-state index contributed by atoms with van der Waals surface area (Å²) >= 11 is 0. The van der Waals surface area contributed by atoms with Gasteiger partial charge in [-0.2, -0.15) is 0 Å². The number of amides is 1. The molecule has 0 aromatic carbocycles. The summed E-state index contributed by atoms with van der Waals surface area (Å²) in [6, 6.07) is 1.92. The van der Waals surface area contributed by atoms with Crippen molar-refractivity contribution >= 4 is 11.9 Å². The molecule has 1 heterocycles. The summed E-state index contributed by atoms with van der Waals surface area (Å²) in [5.74, 6) is -1.11. The first-order valence-corrected chi connectivity index (χ1v) is 6.54. The Balaban J connectivity index is 2.56. The predicted octanol–water partition coefficient (Wildman–Crippen LogP) is 1.92. The molecule has 5 nitrogen and oxygen atoms in total. The van der Waals surface area contributed by atoms with E-state index in [9.17, 15) is 14.7 Å². The van der Waals surface area contributed by atoms with Gasteiger partial charge in [-0.3, -0.25) is 9.59 Å². The van der Waals surface area contributed by atoms with Gasteiger partial charge in [0.25, 0.3) is 0 Å². The second-order valence-electron chi connectivity index (χ2n) is 4.93. The molecule has 106 valence electrons. The number of hydrogen-bond acceptors (Lipinski definition) is 2. The first-order chi connectivity index (χ1) is 8.93. The minimum absolute atomic E-state index is 0.0299. The molecule has 0 aliphatic heterocycles. The molecule has 0 aliphatic rings. The van der Waals surface area contributed by atoms with E-state index in [1.54, 1.807) is 0 Å². The van der Waals surface area contributed by atoms with Gasteiger partial charge in [0.05, 0.1) is 5.41 Å². The number of carboxylic acid groups (broad SMARTS) is 1. The molecule has 19 heavy (non-hydrogen) atoms. The highest BCUT2D eigenvalue weighted by atomic mass is 16.4. The quantitative estimate of drug-likeness (QED) is 0.792. The van der Waals surface area contributed by atoms with Gasteiger partial charge < -0.3 is 15.0 Å². The number of rotatable bonds is 7. The fourth-order valence-corrected chi connectivity index (χ4v) is 2.11. The highest BCUT2D eigenvalue weighted by molar-refractivity contribution is 5.84. The normalized spacial score (nSPS) is 11.3. The van der Waals surface area contributed by atoms with Crippen LogP contribution >= 0.6 is 0 Å². The average molecular weight is 266 g/mol. The number of carboxylic acids is 1. The number of aromatic nitrogens is 1. The van der Waals surface area contributed by atoms with Crippen LogP contribution in [0.4, 0.5) is 0 Å². The molecule has 0 fully saturated rings. The van der Waals surface area contributed by atoms with E-state index >= 15 is 0 Å². The van der Waals surface area contributed by atoms with Gasteiger partial charge in [-0.05, 0) is 24.5 Å². The Bertz CT molecular complexity index is 447. The van der Waals surface area contributed by atoms with Crippen LogP contribution in [0.5, 0.6) is 0 Å². The maximum Gasteiger partial charge on any atom is 0.310 e. The second-order valence-corrected chi connectivity index (χ2v) is 4.93. The third-order valence-corrected chi connectivity index (χ3v) is 3.69. The predicted molar refractivity (Wildman–Crippen MR) is 72.5 cm³/mol. The second kappa shape index (κ2) is 6.41. The van der Waals surface area contributed by atoms with E-state index in [1.165, 1.54) is 0 Å². The monoisotopic (exact) mass is 266 g/mol. The molecule has 0 aliphatic carbocycles. The summed E-state index contributed by atoms with van der Waals surface area (Å²) in [6.07, 6.45) is 4.77. The molecule has 0 spiro atoms. The van der Waals surface area contributed by atoms with Gasteiger partial charge in [-0.1, -0.05) is 13.8 Å². The minimum Gasteiger partial charge on any atom is -0.481 e. The van der Waals surface area contributed by atoms with Gasteiger partial charge in [0.15, 0.2) is 0 Å². The number of carbonyl (C=O) groups is 2. The van der Waals surface area contributed by atoms with Crippen molar-refractivity contribution in [3.8, 4) is 0 Å². The van der Waals surface area contributed by atoms with E-state index in [2.05, 4.69) is 5.32 Å². The SMILES string of the molecule is CCC(CC)(CC(=O)NCc1ccn(C)c1)C(=O)O. The van der Waals surface area contributed by atoms with Crippen LogP contribution < -0.4 is 5.32 Å². The van der Waals surface area contributed by atoms with E-state index in [0.717, 1.165) is 5.56 Å². The Hall–Kier alpha value is -1.78. The zero-order valence-electron chi connectivity index (χ0n) is 11.8. The number of nitrogens with one attached hydrogen (secondary N) is 1. The van der Waals surface area contributed by atoms with Gasteiger partial charge in [0.2, 0.25) is 5.91 Å². The van der Waals surface area contributed by atoms with Crippen LogP contribution in [-0.4, -0.2) is 21.6 Å². The number of aliphatic carboxylic acids is 1. The summed E-state index contributed by atoms with van der Waals surface area (Å²) < 4.78 is 1.90. The number of nitrogens with zero attached hydrogens (tertiary/aromatic N) is 1. The van der Waals surface area contributed by atoms with Crippen molar-refractivity contribution < 1.29 is 14.7 Å². The Morgan fingerprint density at radius 2 is 2.00 bits per heavy atom. The van der Waals surface area contributed by atoms with Crippen LogP contribution in [0.1, 0.15) is 38.7 Å². The van der Waals surface area contributed by atoms with Crippen molar-refractivity contribution in [3.05, 3.63) is 24.0 Å². The molecule has 1 rings (SSSR count). The molecule has 1 amide bonds. The van der Waals surface area contributed by atoms with E-state index < -0.39 is 11.4 Å². The Morgan fingerprint density at radius 1 is 1.37 bits per heavy atom. The molecular weight excluding hydrogens is 244 g/mol. The molecule has 0 saturated heterocycles. The van der Waals surface area contributed by atoms with Crippen molar-refractivity contribution in [2.45, 2.75) is 39.7 Å². The largest absolute Gasteiger partial charge is 0.481 e. The van der Waals surface area contributed by atoms with Crippen molar-refractivity contribution in [1.29, 1.82) is 0 Å². The molecule has 0 unspecified atom stereocenters. The fourth-order valence-electron chi connectivity index (χ4n) is 2.11. The highest BCUT2D eigenvalue weighted by Gasteiger charge is 2.36. The van der Waals surface area contributed by atoms with Gasteiger partial charge in [-0.15, -0.1) is 0 Å². The summed E-state index contributed by atoms with van der Waals surface area (Å²) in [6.45, 7) is 4.05. The fraction of sp³-hybridized carbons (Fsp3) is 0.571. The standard InChI is InChI=1S/C14H22N2O3/c1-4-14(5-2,13(18)19)8-12(17)15-9-11-6-7-16(3)10-11/h6-7,10H,4-5,8-9H2,1-3H3,(H,15,17)(H,18,19). The maximum atomic E-state index is 11.9. The molecule has 1 aromatic rings. The molecule has 1 aromatic heterocycles. The summed E-state index contributed by atoms with van der Waals surface area (Å²) in [5.41, 5.74) is 0.0607. The van der Waals surface area contributed by atoms with E-state index in [4.69, 9.17) is 0 Å². The molecule has 0 bridgehead atoms. The smallest absolute Gasteiger partial charge is 0.310 e. The first kappa shape index (κ1) is 15.3. The summed E-state index contributed by atoms with van der Waals surface area (Å²) in [4.78, 5) is 23.2. The molecule has 0 radical (unpaired) electrons. The lowest BCUT2D eigenvalue weighted by Crippen LogP contribution is -2.36. The Labute approximate surface area is 113 Å². The van der Waals surface area contributed by atoms with E-state index in [-0.39, 0.29) is 12.3 Å². The van der Waals surface area contributed by atoms with Gasteiger partial charge >= 0.3 is 5.97 Å². The average Bonchev–Trinajstić information content (AvgIpc) is 2.79. The number of hydrogen-bond donors (Lipinski definition) is 2. The lowest BCUT2D eigenvalue weighted by atomic mass is 9.79. The van der Waals surface area contributed by atoms with Crippen molar-refractivity contribution in [2.24, 2.45) is 12.5 Å². The van der Waals surface area contributed by atoms with Crippen LogP contribution in [-0.2, 0) is 23.2 Å². The van der Waals surface area contributed by atoms with Crippen molar-refractivity contribution in [1.82, 2.24) is 9.88 Å². The van der Waals surface area contributed by atoms with Gasteiger partial charge in [-0.25, -0.2) is 0 Å². The lowest BCUT2D eigenvalue weighted by molar-refractivity contribution is -0.152. The van der Waals surface area contributed by atoms with E-state index in [1.807, 2.05) is 43.9 Å². The van der Waals surface area contributed by atoms with E-state index in [0.29, 0.717) is 19.4 Å². The molecule has 5 heteroatoms. The topological polar surface area (TPSA) is 71.3 Å². The number of carbonyl (C=O) groups excluding carboxylic acids is 1. The molecule has 2 N–H and O–H groups in total. The van der Waals surface area contributed by atoms with Crippen LogP contribution in [0.15, 0.2) is 18.5 Å². The van der Waals surface area contributed by atoms with Crippen molar-refractivity contribution in [2.75, 3.05) is 0 Å². The van der Waals surface area contributed by atoms with Crippen LogP contribution in [0.25, 0.3) is 0 Å². The Kier molecular flexibility index (Phi) is 5.15. The van der Waals surface area contributed by atoms with Crippen LogP contribution in [0.2, 0.25) is 0 Å². The maximum absolute atomic E-state index is 11.9. The van der Waals surface area contributed by atoms with Gasteiger partial charge in [0.1, 0.15) is 0 Å². The third-order valence-electron chi connectivity index (χ3n) is 3.69. The van der Waals surface area contributed by atoms with Crippen molar-refractivity contribution in [3.63, 3.8) is 0 Å².